The first-order valence-corrected chi connectivity index (χ1v) is 8.75. The van der Waals surface area contributed by atoms with Gasteiger partial charge in [-0.25, -0.2) is 0 Å². The molecule has 2 bridgehead atoms. The number of halogens is 3. The Morgan fingerprint density at radius 3 is 2.17 bits per heavy atom. The maximum absolute atomic E-state index is 12.9. The van der Waals surface area contributed by atoms with Crippen molar-refractivity contribution in [1.29, 1.82) is 0 Å². The molecule has 3 fully saturated rings. The van der Waals surface area contributed by atoms with E-state index >= 15 is 0 Å². The number of hydrogen-bond donors (Lipinski definition) is 1. The highest BCUT2D eigenvalue weighted by Crippen LogP contribution is 2.41. The molecule has 3 aliphatic rings. The summed E-state index contributed by atoms with van der Waals surface area (Å²) >= 11 is 0. The van der Waals surface area contributed by atoms with E-state index in [1.807, 2.05) is 0 Å². The summed E-state index contributed by atoms with van der Waals surface area (Å²) in [5.74, 6) is -1.35. The van der Waals surface area contributed by atoms with Gasteiger partial charge in [0.2, 0.25) is 5.91 Å². The summed E-state index contributed by atoms with van der Waals surface area (Å²) < 4.78 is 38.6. The molecule has 6 heteroatoms. The first kappa shape index (κ1) is 16.8. The van der Waals surface area contributed by atoms with Gasteiger partial charge in [-0.3, -0.25) is 9.59 Å². The molecule has 3 saturated carbocycles. The monoisotopic (exact) mass is 331 g/mol. The molecule has 5 atom stereocenters. The highest BCUT2D eigenvalue weighted by atomic mass is 19.4. The summed E-state index contributed by atoms with van der Waals surface area (Å²) in [7, 11) is 0. The van der Waals surface area contributed by atoms with Crippen molar-refractivity contribution in [2.45, 2.75) is 70.0 Å². The van der Waals surface area contributed by atoms with Crippen LogP contribution < -0.4 is 5.32 Å². The molecule has 23 heavy (non-hydrogen) atoms. The Balaban J connectivity index is 1.56. The number of alkyl halides is 3. The lowest BCUT2D eigenvalue weighted by Gasteiger charge is -2.38. The third-order valence-corrected chi connectivity index (χ3v) is 5.90. The number of fused-ring (bicyclic) bond motifs is 2. The van der Waals surface area contributed by atoms with Gasteiger partial charge in [0.05, 0.1) is 5.92 Å². The Bertz CT molecular complexity index is 461. The number of Topliss-reactive ketones (excluding diaryl/α,β-unsaturated/α-hetero) is 1. The van der Waals surface area contributed by atoms with Gasteiger partial charge in [0.15, 0.2) is 0 Å². The van der Waals surface area contributed by atoms with Gasteiger partial charge >= 0.3 is 6.18 Å². The minimum absolute atomic E-state index is 0.00620. The largest absolute Gasteiger partial charge is 0.391 e. The molecule has 1 N–H and O–H groups in total. The number of carbonyl (C=O) groups excluding carboxylic acids is 2. The Labute approximate surface area is 134 Å². The van der Waals surface area contributed by atoms with Crippen LogP contribution in [-0.4, -0.2) is 23.9 Å². The molecule has 0 spiro atoms. The van der Waals surface area contributed by atoms with E-state index in [1.165, 1.54) is 0 Å². The minimum Gasteiger partial charge on any atom is -0.353 e. The molecule has 0 saturated heterocycles. The van der Waals surface area contributed by atoms with Crippen molar-refractivity contribution in [3.8, 4) is 0 Å². The summed E-state index contributed by atoms with van der Waals surface area (Å²) in [4.78, 5) is 24.5. The average molecular weight is 331 g/mol. The first-order valence-electron chi connectivity index (χ1n) is 8.75. The second-order valence-electron chi connectivity index (χ2n) is 7.51. The quantitative estimate of drug-likeness (QED) is 0.840. The highest BCUT2D eigenvalue weighted by Gasteiger charge is 2.44. The zero-order valence-electron chi connectivity index (χ0n) is 13.2. The van der Waals surface area contributed by atoms with E-state index in [2.05, 4.69) is 5.32 Å². The van der Waals surface area contributed by atoms with Crippen molar-refractivity contribution in [2.24, 2.45) is 23.7 Å². The fourth-order valence-electron chi connectivity index (χ4n) is 4.63. The lowest BCUT2D eigenvalue weighted by atomic mass is 9.67. The number of carbonyl (C=O) groups is 2. The summed E-state index contributed by atoms with van der Waals surface area (Å²) in [5.41, 5.74) is 0. The van der Waals surface area contributed by atoms with Crippen LogP contribution in [0.3, 0.4) is 0 Å². The number of rotatable bonds is 2. The van der Waals surface area contributed by atoms with Crippen LogP contribution in [0.25, 0.3) is 0 Å². The average Bonchev–Trinajstić information content (AvgIpc) is 2.46. The van der Waals surface area contributed by atoms with Crippen LogP contribution in [0.5, 0.6) is 0 Å². The molecule has 0 aliphatic heterocycles. The molecule has 0 heterocycles. The number of nitrogens with one attached hydrogen (secondary N) is 1. The predicted molar refractivity (Wildman–Crippen MR) is 78.5 cm³/mol. The molecule has 1 unspecified atom stereocenters. The lowest BCUT2D eigenvalue weighted by Crippen LogP contribution is -2.47. The van der Waals surface area contributed by atoms with Crippen molar-refractivity contribution in [3.63, 3.8) is 0 Å². The molecule has 3 aliphatic carbocycles. The van der Waals surface area contributed by atoms with Crippen LogP contribution in [0.1, 0.15) is 57.8 Å². The molecule has 3 rings (SSSR count). The highest BCUT2D eigenvalue weighted by molar-refractivity contribution is 5.88. The van der Waals surface area contributed by atoms with Crippen LogP contribution >= 0.6 is 0 Å². The number of amides is 1. The van der Waals surface area contributed by atoms with Crippen LogP contribution in [0.2, 0.25) is 0 Å². The fourth-order valence-corrected chi connectivity index (χ4v) is 4.63. The van der Waals surface area contributed by atoms with E-state index in [0.29, 0.717) is 31.5 Å². The minimum atomic E-state index is -4.17. The van der Waals surface area contributed by atoms with Crippen molar-refractivity contribution >= 4 is 11.7 Å². The fraction of sp³-hybridized carbons (Fsp3) is 0.882. The van der Waals surface area contributed by atoms with E-state index in [9.17, 15) is 22.8 Å². The van der Waals surface area contributed by atoms with Gasteiger partial charge < -0.3 is 5.32 Å². The van der Waals surface area contributed by atoms with E-state index in [4.69, 9.17) is 0 Å². The van der Waals surface area contributed by atoms with Crippen LogP contribution in [0.4, 0.5) is 13.2 Å². The van der Waals surface area contributed by atoms with Crippen molar-refractivity contribution in [2.75, 3.05) is 0 Å². The van der Waals surface area contributed by atoms with Crippen LogP contribution in [0.15, 0.2) is 0 Å². The zero-order valence-corrected chi connectivity index (χ0v) is 13.2. The molecular weight excluding hydrogens is 307 g/mol. The smallest absolute Gasteiger partial charge is 0.353 e. The summed E-state index contributed by atoms with van der Waals surface area (Å²) in [6.45, 7) is 0. The molecule has 0 aromatic carbocycles. The summed E-state index contributed by atoms with van der Waals surface area (Å²) in [5, 5.41) is 2.84. The molecule has 1 amide bonds. The Morgan fingerprint density at radius 2 is 1.57 bits per heavy atom. The van der Waals surface area contributed by atoms with Gasteiger partial charge in [-0.05, 0) is 44.9 Å². The molecule has 130 valence electrons. The molecule has 0 aromatic heterocycles. The van der Waals surface area contributed by atoms with Crippen molar-refractivity contribution < 1.29 is 22.8 Å². The predicted octanol–water partition coefficient (Wildman–Crippen LogP) is 3.62. The Kier molecular flexibility index (Phi) is 4.70. The van der Waals surface area contributed by atoms with Crippen molar-refractivity contribution in [3.05, 3.63) is 0 Å². The van der Waals surface area contributed by atoms with Gasteiger partial charge in [-0.15, -0.1) is 0 Å². The third-order valence-electron chi connectivity index (χ3n) is 5.90. The van der Waals surface area contributed by atoms with Gasteiger partial charge in [0.25, 0.3) is 0 Å². The van der Waals surface area contributed by atoms with E-state index in [0.717, 1.165) is 19.3 Å². The lowest BCUT2D eigenvalue weighted by molar-refractivity contribution is -0.184. The molecular formula is C17H24F3NO2. The maximum atomic E-state index is 12.9. The van der Waals surface area contributed by atoms with Crippen LogP contribution in [-0.2, 0) is 9.59 Å². The van der Waals surface area contributed by atoms with E-state index in [1.54, 1.807) is 0 Å². The maximum Gasteiger partial charge on any atom is 0.391 e. The molecule has 0 radical (unpaired) electrons. The molecule has 3 nitrogen and oxygen atoms in total. The van der Waals surface area contributed by atoms with Gasteiger partial charge in [0, 0.05) is 23.8 Å². The van der Waals surface area contributed by atoms with E-state index in [-0.39, 0.29) is 42.5 Å². The van der Waals surface area contributed by atoms with E-state index < -0.39 is 12.1 Å². The SMILES string of the molecule is O=C(N[C@H]1CCC[C@@H](C(F)(F)F)C1)C1C[C@H]2CCC[C@@H](C1)C2=O. The number of ketones is 1. The normalized spacial score (nSPS) is 38.2. The van der Waals surface area contributed by atoms with Gasteiger partial charge in [0.1, 0.15) is 5.78 Å². The third kappa shape index (κ3) is 3.72. The second kappa shape index (κ2) is 6.44. The van der Waals surface area contributed by atoms with Crippen molar-refractivity contribution in [1.82, 2.24) is 5.32 Å². The first-order chi connectivity index (χ1) is 10.8. The molecule has 0 aromatic rings. The summed E-state index contributed by atoms with van der Waals surface area (Å²) in [6.07, 6.45) is 1.04. The topological polar surface area (TPSA) is 46.2 Å². The van der Waals surface area contributed by atoms with Gasteiger partial charge in [-0.2, -0.15) is 13.2 Å². The standard InChI is InChI=1S/C17H24F3NO2/c18-17(19,20)13-5-2-6-14(9-13)21-16(23)12-7-10-3-1-4-11(8-12)15(10)22/h10-14H,1-9H2,(H,21,23)/t10-,11+,12?,13-,14+/m1/s1. The Morgan fingerprint density at radius 1 is 0.957 bits per heavy atom. The van der Waals surface area contributed by atoms with Crippen LogP contribution in [0, 0.1) is 23.7 Å². The number of hydrogen-bond acceptors (Lipinski definition) is 2. The second-order valence-corrected chi connectivity index (χ2v) is 7.51. The van der Waals surface area contributed by atoms with Gasteiger partial charge in [-0.1, -0.05) is 12.8 Å². The summed E-state index contributed by atoms with van der Waals surface area (Å²) in [6, 6.07) is -0.375. The Hall–Kier alpha value is -1.07. The zero-order chi connectivity index (χ0) is 16.6.